The summed E-state index contributed by atoms with van der Waals surface area (Å²) in [5.41, 5.74) is 5.50. The normalized spacial score (nSPS) is 22.8. The fraction of sp³-hybridized carbons (Fsp3) is 0.857. The van der Waals surface area contributed by atoms with Gasteiger partial charge in [-0.05, 0) is 26.7 Å². The average Bonchev–Trinajstić information content (AvgIpc) is 2.81. The van der Waals surface area contributed by atoms with Crippen LogP contribution in [0.3, 0.4) is 0 Å². The Hall–Kier alpha value is -1.14. The number of hydrogen-bond acceptors (Lipinski definition) is 4. The lowest BCUT2D eigenvalue weighted by Gasteiger charge is -2.31. The first-order valence-electron chi connectivity index (χ1n) is 7.15. The van der Waals surface area contributed by atoms with Crippen molar-refractivity contribution in [3.63, 3.8) is 0 Å². The molecule has 6 heteroatoms. The number of carbonyl (C=O) groups is 2. The van der Waals surface area contributed by atoms with E-state index in [2.05, 4.69) is 0 Å². The minimum Gasteiger partial charge on any atom is -0.481 e. The van der Waals surface area contributed by atoms with Crippen LogP contribution in [0.25, 0.3) is 0 Å². The number of carbonyl (C=O) groups excluding carboxylic acids is 1. The van der Waals surface area contributed by atoms with Gasteiger partial charge in [-0.25, -0.2) is 0 Å². The second-order valence-corrected chi connectivity index (χ2v) is 6.13. The zero-order chi connectivity index (χ0) is 15.3. The topological polar surface area (TPSA) is 92.9 Å². The lowest BCUT2D eigenvalue weighted by Crippen LogP contribution is -2.47. The summed E-state index contributed by atoms with van der Waals surface area (Å²) in [6.07, 6.45) is 1.71. The predicted molar refractivity (Wildman–Crippen MR) is 75.2 cm³/mol. The smallest absolute Gasteiger partial charge is 0.311 e. The molecule has 1 fully saturated rings. The van der Waals surface area contributed by atoms with Gasteiger partial charge in [0, 0.05) is 18.5 Å². The van der Waals surface area contributed by atoms with E-state index < -0.39 is 17.4 Å². The lowest BCUT2D eigenvalue weighted by molar-refractivity contribution is -0.145. The molecule has 1 amide bonds. The van der Waals surface area contributed by atoms with E-state index in [1.54, 1.807) is 4.90 Å². The first-order chi connectivity index (χ1) is 9.26. The van der Waals surface area contributed by atoms with Gasteiger partial charge in [-0.3, -0.25) is 9.59 Å². The van der Waals surface area contributed by atoms with E-state index in [0.29, 0.717) is 26.0 Å². The Kier molecular flexibility index (Phi) is 5.95. The van der Waals surface area contributed by atoms with Gasteiger partial charge in [0.2, 0.25) is 5.91 Å². The molecule has 2 unspecified atom stereocenters. The Morgan fingerprint density at radius 2 is 2.05 bits per heavy atom. The summed E-state index contributed by atoms with van der Waals surface area (Å²) in [7, 11) is 0. The van der Waals surface area contributed by atoms with Crippen molar-refractivity contribution in [3.8, 4) is 0 Å². The van der Waals surface area contributed by atoms with Gasteiger partial charge in [-0.1, -0.05) is 6.92 Å². The standard InChI is InChI=1S/C14H26N2O4/c1-4-7-16(12(17)5-6-14(2,3)15)11-9-20-8-10(11)13(18)19/h10-11H,4-9,15H2,1-3H3,(H,18,19). The van der Waals surface area contributed by atoms with Crippen LogP contribution in [0.15, 0.2) is 0 Å². The average molecular weight is 286 g/mol. The van der Waals surface area contributed by atoms with E-state index in [0.717, 1.165) is 6.42 Å². The second-order valence-electron chi connectivity index (χ2n) is 6.13. The van der Waals surface area contributed by atoms with Crippen LogP contribution in [0.2, 0.25) is 0 Å². The Labute approximate surface area is 120 Å². The van der Waals surface area contributed by atoms with Crippen molar-refractivity contribution in [2.24, 2.45) is 11.7 Å². The van der Waals surface area contributed by atoms with Crippen molar-refractivity contribution >= 4 is 11.9 Å². The van der Waals surface area contributed by atoms with E-state index in [4.69, 9.17) is 10.5 Å². The summed E-state index contributed by atoms with van der Waals surface area (Å²) in [5.74, 6) is -1.57. The Morgan fingerprint density at radius 1 is 1.40 bits per heavy atom. The summed E-state index contributed by atoms with van der Waals surface area (Å²) >= 11 is 0. The lowest BCUT2D eigenvalue weighted by atomic mass is 9.97. The first kappa shape index (κ1) is 16.9. The first-order valence-corrected chi connectivity index (χ1v) is 7.15. The largest absolute Gasteiger partial charge is 0.481 e. The Bertz CT molecular complexity index is 352. The van der Waals surface area contributed by atoms with Gasteiger partial charge in [-0.2, -0.15) is 0 Å². The van der Waals surface area contributed by atoms with E-state index in [1.165, 1.54) is 0 Å². The molecule has 1 aliphatic rings. The SMILES string of the molecule is CCCN(C(=O)CCC(C)(C)N)C1COCC1C(=O)O. The monoisotopic (exact) mass is 286 g/mol. The number of nitrogens with two attached hydrogens (primary N) is 1. The predicted octanol–water partition coefficient (Wildman–Crippen LogP) is 0.842. The maximum absolute atomic E-state index is 12.4. The molecule has 1 aliphatic heterocycles. The summed E-state index contributed by atoms with van der Waals surface area (Å²) in [6.45, 7) is 6.76. The molecule has 0 saturated carbocycles. The molecule has 0 aromatic heterocycles. The number of carboxylic acid groups (broad SMARTS) is 1. The molecule has 6 nitrogen and oxygen atoms in total. The highest BCUT2D eigenvalue weighted by Crippen LogP contribution is 2.22. The zero-order valence-electron chi connectivity index (χ0n) is 12.6. The second kappa shape index (κ2) is 7.04. The van der Waals surface area contributed by atoms with Gasteiger partial charge in [0.25, 0.3) is 0 Å². The van der Waals surface area contributed by atoms with Crippen LogP contribution in [0.5, 0.6) is 0 Å². The summed E-state index contributed by atoms with van der Waals surface area (Å²) in [5, 5.41) is 9.20. The molecule has 0 aliphatic carbocycles. The molecular formula is C14H26N2O4. The number of ether oxygens (including phenoxy) is 1. The van der Waals surface area contributed by atoms with Crippen molar-refractivity contribution in [2.75, 3.05) is 19.8 Å². The summed E-state index contributed by atoms with van der Waals surface area (Å²) in [6, 6.07) is -0.360. The molecule has 116 valence electrons. The molecule has 1 saturated heterocycles. The van der Waals surface area contributed by atoms with E-state index in [-0.39, 0.29) is 18.6 Å². The maximum Gasteiger partial charge on any atom is 0.311 e. The van der Waals surface area contributed by atoms with Crippen LogP contribution < -0.4 is 5.73 Å². The maximum atomic E-state index is 12.4. The molecule has 1 rings (SSSR count). The number of rotatable bonds is 7. The van der Waals surface area contributed by atoms with Crippen LogP contribution in [-0.4, -0.2) is 53.2 Å². The highest BCUT2D eigenvalue weighted by atomic mass is 16.5. The molecular weight excluding hydrogens is 260 g/mol. The minimum absolute atomic E-state index is 0.0351. The third-order valence-corrected chi connectivity index (χ3v) is 3.54. The molecule has 0 bridgehead atoms. The number of carboxylic acids is 1. The van der Waals surface area contributed by atoms with Crippen LogP contribution in [0.1, 0.15) is 40.0 Å². The molecule has 0 aromatic carbocycles. The highest BCUT2D eigenvalue weighted by molar-refractivity contribution is 5.78. The van der Waals surface area contributed by atoms with Crippen molar-refractivity contribution < 1.29 is 19.4 Å². The van der Waals surface area contributed by atoms with Crippen LogP contribution >= 0.6 is 0 Å². The van der Waals surface area contributed by atoms with Gasteiger partial charge in [0.15, 0.2) is 0 Å². The molecule has 1 heterocycles. The van der Waals surface area contributed by atoms with Gasteiger partial charge >= 0.3 is 5.97 Å². The van der Waals surface area contributed by atoms with E-state index >= 15 is 0 Å². The number of hydrogen-bond donors (Lipinski definition) is 2. The molecule has 0 radical (unpaired) electrons. The van der Waals surface area contributed by atoms with Crippen molar-refractivity contribution in [2.45, 2.75) is 51.6 Å². The third-order valence-electron chi connectivity index (χ3n) is 3.54. The van der Waals surface area contributed by atoms with Crippen LogP contribution in [-0.2, 0) is 14.3 Å². The Balaban J connectivity index is 2.72. The van der Waals surface area contributed by atoms with E-state index in [9.17, 15) is 14.7 Å². The van der Waals surface area contributed by atoms with E-state index in [1.807, 2.05) is 20.8 Å². The third kappa shape index (κ3) is 4.76. The molecule has 2 atom stereocenters. The van der Waals surface area contributed by atoms with Gasteiger partial charge < -0.3 is 20.5 Å². The van der Waals surface area contributed by atoms with Crippen molar-refractivity contribution in [1.29, 1.82) is 0 Å². The number of amides is 1. The van der Waals surface area contributed by atoms with Crippen molar-refractivity contribution in [3.05, 3.63) is 0 Å². The molecule has 20 heavy (non-hydrogen) atoms. The van der Waals surface area contributed by atoms with Gasteiger partial charge in [0.05, 0.1) is 19.3 Å². The molecule has 0 spiro atoms. The van der Waals surface area contributed by atoms with Crippen LogP contribution in [0, 0.1) is 5.92 Å². The number of nitrogens with zero attached hydrogens (tertiary/aromatic N) is 1. The fourth-order valence-electron chi connectivity index (χ4n) is 2.38. The summed E-state index contributed by atoms with van der Waals surface area (Å²) < 4.78 is 5.25. The molecule has 3 N–H and O–H groups in total. The zero-order valence-corrected chi connectivity index (χ0v) is 12.6. The van der Waals surface area contributed by atoms with Gasteiger partial charge in [-0.15, -0.1) is 0 Å². The van der Waals surface area contributed by atoms with Crippen LogP contribution in [0.4, 0.5) is 0 Å². The molecule has 0 aromatic rings. The quantitative estimate of drug-likeness (QED) is 0.723. The highest BCUT2D eigenvalue weighted by Gasteiger charge is 2.39. The van der Waals surface area contributed by atoms with Gasteiger partial charge in [0.1, 0.15) is 5.92 Å². The minimum atomic E-state index is -0.902. The van der Waals surface area contributed by atoms with Crippen molar-refractivity contribution in [1.82, 2.24) is 4.90 Å². The summed E-state index contributed by atoms with van der Waals surface area (Å²) in [4.78, 5) is 25.2. The number of aliphatic carboxylic acids is 1. The Morgan fingerprint density at radius 3 is 2.55 bits per heavy atom. The fourth-order valence-corrected chi connectivity index (χ4v) is 2.38.